The highest BCUT2D eigenvalue weighted by molar-refractivity contribution is 7.92. The predicted molar refractivity (Wildman–Crippen MR) is 147 cm³/mol. The van der Waals surface area contributed by atoms with Gasteiger partial charge in [0.2, 0.25) is 15.9 Å². The molecule has 0 fully saturated rings. The Kier molecular flexibility index (Phi) is 9.59. The highest BCUT2D eigenvalue weighted by atomic mass is 35.5. The fraction of sp³-hybridized carbons (Fsp3) is 0.240. The number of benzene rings is 3. The summed E-state index contributed by atoms with van der Waals surface area (Å²) in [4.78, 5) is 12.2. The fourth-order valence-corrected chi connectivity index (χ4v) is 5.85. The Labute approximate surface area is 235 Å². The van der Waals surface area contributed by atoms with Crippen molar-refractivity contribution >= 4 is 54.6 Å². The van der Waals surface area contributed by atoms with E-state index in [1.165, 1.54) is 55.6 Å². The molecule has 0 saturated carbocycles. The minimum atomic E-state index is -4.63. The van der Waals surface area contributed by atoms with E-state index < -0.39 is 37.7 Å². The van der Waals surface area contributed by atoms with Crippen LogP contribution in [0, 0.1) is 0 Å². The number of hydrogen-bond donors (Lipinski definition) is 2. The number of halogens is 4. The van der Waals surface area contributed by atoms with Crippen LogP contribution < -0.4 is 19.1 Å². The first-order valence-corrected chi connectivity index (χ1v) is 15.2. The molecule has 0 aliphatic heterocycles. The lowest BCUT2D eigenvalue weighted by molar-refractivity contribution is -0.137. The van der Waals surface area contributed by atoms with Gasteiger partial charge in [0.05, 0.1) is 34.5 Å². The lowest BCUT2D eigenvalue weighted by Crippen LogP contribution is -2.31. The molecule has 0 unspecified atom stereocenters. The van der Waals surface area contributed by atoms with E-state index in [9.17, 15) is 34.8 Å². The van der Waals surface area contributed by atoms with Gasteiger partial charge in [0.25, 0.3) is 10.0 Å². The molecule has 0 heterocycles. The molecule has 1 amide bonds. The maximum Gasteiger partial charge on any atom is 0.416 e. The average Bonchev–Trinajstić information content (AvgIpc) is 2.85. The third-order valence-corrected chi connectivity index (χ3v) is 8.37. The Morgan fingerprint density at radius 2 is 1.65 bits per heavy atom. The molecule has 15 heteroatoms. The van der Waals surface area contributed by atoms with E-state index in [0.717, 1.165) is 22.7 Å². The van der Waals surface area contributed by atoms with Crippen LogP contribution in [0.4, 0.5) is 30.2 Å². The van der Waals surface area contributed by atoms with E-state index in [0.29, 0.717) is 17.5 Å². The van der Waals surface area contributed by atoms with Crippen LogP contribution in [0.3, 0.4) is 0 Å². The highest BCUT2D eigenvalue weighted by Gasteiger charge is 2.30. The van der Waals surface area contributed by atoms with Crippen molar-refractivity contribution in [2.75, 3.05) is 34.3 Å². The van der Waals surface area contributed by atoms with Crippen LogP contribution in [0.15, 0.2) is 71.6 Å². The fourth-order valence-electron chi connectivity index (χ4n) is 3.59. The summed E-state index contributed by atoms with van der Waals surface area (Å²) in [6.07, 6.45) is -3.49. The van der Waals surface area contributed by atoms with Crippen LogP contribution in [0.5, 0.6) is 5.75 Å². The Morgan fingerprint density at radius 1 is 0.975 bits per heavy atom. The number of methoxy groups -OCH3 is 1. The lowest BCUT2D eigenvalue weighted by Gasteiger charge is -2.23. The van der Waals surface area contributed by atoms with Gasteiger partial charge in [0, 0.05) is 24.3 Å². The molecule has 0 aromatic heterocycles. The smallest absolute Gasteiger partial charge is 0.416 e. The largest absolute Gasteiger partial charge is 0.495 e. The number of amides is 1. The van der Waals surface area contributed by atoms with Gasteiger partial charge >= 0.3 is 6.18 Å². The molecule has 0 radical (unpaired) electrons. The standard InChI is InChI=1S/C25H25ClF3N3O6S2/c1-38-23-13-10-20(16-22(23)26)32(39(2,34)35)14-4-7-24(33)30-18-8-11-21(12-9-18)40(36,37)31-19-6-3-5-17(15-19)25(27,28)29/h3,5-6,8-13,15-16,31H,4,7,14H2,1-2H3,(H,30,33). The second-order valence-corrected chi connectivity index (χ2v) is 12.5. The monoisotopic (exact) mass is 619 g/mol. The molecule has 2 N–H and O–H groups in total. The van der Waals surface area contributed by atoms with Gasteiger partial charge in [-0.3, -0.25) is 13.8 Å². The van der Waals surface area contributed by atoms with Gasteiger partial charge in [-0.25, -0.2) is 16.8 Å². The zero-order chi connectivity index (χ0) is 29.7. The molecule has 3 rings (SSSR count). The van der Waals surface area contributed by atoms with Crippen LogP contribution in [0.25, 0.3) is 0 Å². The van der Waals surface area contributed by atoms with Gasteiger partial charge in [-0.15, -0.1) is 0 Å². The molecular weight excluding hydrogens is 595 g/mol. The minimum Gasteiger partial charge on any atom is -0.495 e. The van der Waals surface area contributed by atoms with E-state index >= 15 is 0 Å². The Morgan fingerprint density at radius 3 is 2.23 bits per heavy atom. The van der Waals surface area contributed by atoms with Crippen molar-refractivity contribution in [1.82, 2.24) is 0 Å². The molecule has 0 atom stereocenters. The summed E-state index contributed by atoms with van der Waals surface area (Å²) in [5, 5.41) is 2.81. The summed E-state index contributed by atoms with van der Waals surface area (Å²) in [6, 6.07) is 13.3. The first-order chi connectivity index (χ1) is 18.6. The molecule has 40 heavy (non-hydrogen) atoms. The van der Waals surface area contributed by atoms with Gasteiger partial charge in [-0.2, -0.15) is 13.2 Å². The molecule has 0 bridgehead atoms. The number of nitrogens with one attached hydrogen (secondary N) is 2. The normalized spacial score (nSPS) is 12.1. The van der Waals surface area contributed by atoms with Crippen LogP contribution >= 0.6 is 11.6 Å². The Bertz CT molecular complexity index is 1580. The number of carbonyl (C=O) groups is 1. The summed E-state index contributed by atoms with van der Waals surface area (Å²) >= 11 is 6.11. The second kappa shape index (κ2) is 12.4. The van der Waals surface area contributed by atoms with Crippen molar-refractivity contribution < 1.29 is 39.5 Å². The van der Waals surface area contributed by atoms with Gasteiger partial charge < -0.3 is 10.1 Å². The molecule has 0 saturated heterocycles. The quantitative estimate of drug-likeness (QED) is 0.298. The number of nitrogens with zero attached hydrogens (tertiary/aromatic N) is 1. The number of hydrogen-bond acceptors (Lipinski definition) is 6. The number of sulfonamides is 2. The van der Waals surface area contributed by atoms with Crippen molar-refractivity contribution in [2.45, 2.75) is 23.9 Å². The zero-order valence-electron chi connectivity index (χ0n) is 21.2. The topological polar surface area (TPSA) is 122 Å². The Hall–Kier alpha value is -3.49. The van der Waals surface area contributed by atoms with Gasteiger partial charge in [0.1, 0.15) is 5.75 Å². The molecule has 0 aliphatic carbocycles. The Balaban J connectivity index is 1.60. The van der Waals surface area contributed by atoms with E-state index in [4.69, 9.17) is 16.3 Å². The number of ether oxygens (including phenoxy) is 1. The van der Waals surface area contributed by atoms with Crippen molar-refractivity contribution in [3.8, 4) is 5.75 Å². The molecule has 0 spiro atoms. The number of rotatable bonds is 11. The van der Waals surface area contributed by atoms with E-state index in [1.54, 1.807) is 0 Å². The first-order valence-electron chi connectivity index (χ1n) is 11.5. The summed E-state index contributed by atoms with van der Waals surface area (Å²) < 4.78 is 96.8. The van der Waals surface area contributed by atoms with E-state index in [1.807, 2.05) is 0 Å². The van der Waals surface area contributed by atoms with E-state index in [2.05, 4.69) is 10.0 Å². The van der Waals surface area contributed by atoms with E-state index in [-0.39, 0.29) is 40.7 Å². The zero-order valence-corrected chi connectivity index (χ0v) is 23.6. The highest BCUT2D eigenvalue weighted by Crippen LogP contribution is 2.32. The third-order valence-electron chi connectivity index (χ3n) is 5.48. The maximum absolute atomic E-state index is 12.9. The van der Waals surface area contributed by atoms with Crippen molar-refractivity contribution in [3.05, 3.63) is 77.3 Å². The van der Waals surface area contributed by atoms with Crippen LogP contribution in [-0.4, -0.2) is 42.7 Å². The molecule has 3 aromatic rings. The van der Waals surface area contributed by atoms with Crippen LogP contribution in [0.2, 0.25) is 5.02 Å². The third kappa shape index (κ3) is 8.26. The maximum atomic E-state index is 12.9. The lowest BCUT2D eigenvalue weighted by atomic mass is 10.2. The summed E-state index contributed by atoms with van der Waals surface area (Å²) in [7, 11) is -6.45. The molecule has 0 aliphatic rings. The first kappa shape index (κ1) is 31.0. The van der Waals surface area contributed by atoms with Crippen molar-refractivity contribution in [1.29, 1.82) is 0 Å². The molecule has 216 valence electrons. The van der Waals surface area contributed by atoms with Crippen molar-refractivity contribution in [3.63, 3.8) is 0 Å². The summed E-state index contributed by atoms with van der Waals surface area (Å²) in [5.41, 5.74) is -0.681. The van der Waals surface area contributed by atoms with Gasteiger partial charge in [-0.05, 0) is 67.1 Å². The predicted octanol–water partition coefficient (Wildman–Crippen LogP) is 5.35. The van der Waals surface area contributed by atoms with Crippen LogP contribution in [0.1, 0.15) is 18.4 Å². The number of carbonyl (C=O) groups excluding carboxylic acids is 1. The van der Waals surface area contributed by atoms with Gasteiger partial charge in [0.15, 0.2) is 0 Å². The second-order valence-electron chi connectivity index (χ2n) is 8.51. The van der Waals surface area contributed by atoms with Gasteiger partial charge in [-0.1, -0.05) is 17.7 Å². The SMILES string of the molecule is COc1ccc(N(CCCC(=O)Nc2ccc(S(=O)(=O)Nc3cccc(C(F)(F)F)c3)cc2)S(C)(=O)=O)cc1Cl. The summed E-state index contributed by atoms with van der Waals surface area (Å²) in [6.45, 7) is -0.00665. The molecular formula is C25H25ClF3N3O6S2. The molecule has 9 nitrogen and oxygen atoms in total. The minimum absolute atomic E-state index is 0.00665. The molecule has 3 aromatic carbocycles. The number of anilines is 3. The average molecular weight is 620 g/mol. The van der Waals surface area contributed by atoms with Crippen LogP contribution in [-0.2, 0) is 31.0 Å². The van der Waals surface area contributed by atoms with Crippen molar-refractivity contribution in [2.24, 2.45) is 0 Å². The number of alkyl halides is 3. The summed E-state index contributed by atoms with van der Waals surface area (Å²) in [5.74, 6) is -0.0672.